The van der Waals surface area contributed by atoms with Crippen LogP contribution in [0.3, 0.4) is 0 Å². The Morgan fingerprint density at radius 2 is 2.16 bits per heavy atom. The summed E-state index contributed by atoms with van der Waals surface area (Å²) < 4.78 is 5.63. The second-order valence-corrected chi connectivity index (χ2v) is 5.24. The van der Waals surface area contributed by atoms with Gasteiger partial charge < -0.3 is 15.4 Å². The zero-order valence-electron chi connectivity index (χ0n) is 12.6. The molecule has 0 radical (unpaired) electrons. The van der Waals surface area contributed by atoms with Gasteiger partial charge in [-0.3, -0.25) is 9.69 Å². The van der Waals surface area contributed by atoms with Crippen LogP contribution in [0.15, 0.2) is 0 Å². The molecule has 112 valence electrons. The van der Waals surface area contributed by atoms with Crippen molar-refractivity contribution in [2.75, 3.05) is 39.3 Å². The summed E-state index contributed by atoms with van der Waals surface area (Å²) in [5, 5.41) is 0. The molecule has 1 fully saturated rings. The van der Waals surface area contributed by atoms with Gasteiger partial charge in [0.1, 0.15) is 0 Å². The maximum Gasteiger partial charge on any atom is 0.222 e. The van der Waals surface area contributed by atoms with Gasteiger partial charge in [0.2, 0.25) is 5.91 Å². The third-order valence-electron chi connectivity index (χ3n) is 3.75. The Bertz CT molecular complexity index is 267. The molecule has 0 aromatic heterocycles. The van der Waals surface area contributed by atoms with E-state index in [2.05, 4.69) is 4.90 Å². The molecule has 2 atom stereocenters. The van der Waals surface area contributed by atoms with Crippen molar-refractivity contribution in [3.8, 4) is 0 Å². The summed E-state index contributed by atoms with van der Waals surface area (Å²) in [6.45, 7) is 11.2. The second kappa shape index (κ2) is 8.51. The lowest BCUT2D eigenvalue weighted by molar-refractivity contribution is -0.131. The molecule has 0 aromatic carbocycles. The van der Waals surface area contributed by atoms with Crippen molar-refractivity contribution in [2.24, 2.45) is 5.73 Å². The van der Waals surface area contributed by atoms with E-state index in [1.807, 2.05) is 25.7 Å². The number of hydrogen-bond donors (Lipinski definition) is 1. The molecule has 2 unspecified atom stereocenters. The number of rotatable bonds is 7. The highest BCUT2D eigenvalue weighted by Crippen LogP contribution is 2.09. The van der Waals surface area contributed by atoms with Gasteiger partial charge in [-0.2, -0.15) is 0 Å². The molecule has 5 heteroatoms. The zero-order valence-corrected chi connectivity index (χ0v) is 12.6. The highest BCUT2D eigenvalue weighted by atomic mass is 16.5. The van der Waals surface area contributed by atoms with E-state index in [1.165, 1.54) is 0 Å². The number of morpholine rings is 1. The summed E-state index contributed by atoms with van der Waals surface area (Å²) in [5.74, 6) is 0.266. The summed E-state index contributed by atoms with van der Waals surface area (Å²) in [6, 6.07) is 0.0695. The third-order valence-corrected chi connectivity index (χ3v) is 3.75. The Kier molecular flexibility index (Phi) is 7.34. The van der Waals surface area contributed by atoms with Crippen LogP contribution in [0.1, 0.15) is 33.6 Å². The molecule has 0 saturated carbocycles. The van der Waals surface area contributed by atoms with Crippen molar-refractivity contribution < 1.29 is 9.53 Å². The SMILES string of the molecule is CCN(CC)C(=O)CCCN1CCOC(C(C)N)C1. The lowest BCUT2D eigenvalue weighted by Gasteiger charge is -2.34. The van der Waals surface area contributed by atoms with E-state index in [0.29, 0.717) is 6.42 Å². The average Bonchev–Trinajstić information content (AvgIpc) is 2.40. The van der Waals surface area contributed by atoms with E-state index < -0.39 is 0 Å². The normalized spacial score (nSPS) is 22.2. The van der Waals surface area contributed by atoms with Gasteiger partial charge in [0.05, 0.1) is 12.7 Å². The fourth-order valence-corrected chi connectivity index (χ4v) is 2.44. The van der Waals surface area contributed by atoms with Crippen LogP contribution in [0.2, 0.25) is 0 Å². The van der Waals surface area contributed by atoms with E-state index in [-0.39, 0.29) is 18.1 Å². The topological polar surface area (TPSA) is 58.8 Å². The quantitative estimate of drug-likeness (QED) is 0.740. The first-order chi connectivity index (χ1) is 9.08. The van der Waals surface area contributed by atoms with Crippen LogP contribution in [-0.4, -0.2) is 67.2 Å². The lowest BCUT2D eigenvalue weighted by Crippen LogP contribution is -2.49. The van der Waals surface area contributed by atoms with E-state index in [9.17, 15) is 4.79 Å². The monoisotopic (exact) mass is 271 g/mol. The van der Waals surface area contributed by atoms with Crippen LogP contribution >= 0.6 is 0 Å². The lowest BCUT2D eigenvalue weighted by atomic mass is 10.1. The minimum atomic E-state index is 0.0695. The summed E-state index contributed by atoms with van der Waals surface area (Å²) in [5.41, 5.74) is 5.87. The highest BCUT2D eigenvalue weighted by Gasteiger charge is 2.23. The first kappa shape index (κ1) is 16.4. The summed E-state index contributed by atoms with van der Waals surface area (Å²) >= 11 is 0. The Labute approximate surface area is 117 Å². The smallest absolute Gasteiger partial charge is 0.222 e. The first-order valence-corrected chi connectivity index (χ1v) is 7.45. The molecule has 1 amide bonds. The number of nitrogens with two attached hydrogens (primary N) is 1. The van der Waals surface area contributed by atoms with E-state index in [0.717, 1.165) is 45.8 Å². The van der Waals surface area contributed by atoms with Crippen molar-refractivity contribution in [1.82, 2.24) is 9.80 Å². The van der Waals surface area contributed by atoms with Gasteiger partial charge in [-0.15, -0.1) is 0 Å². The predicted molar refractivity (Wildman–Crippen MR) is 77.0 cm³/mol. The minimum absolute atomic E-state index is 0.0695. The Balaban J connectivity index is 2.23. The molecule has 5 nitrogen and oxygen atoms in total. The maximum atomic E-state index is 11.9. The van der Waals surface area contributed by atoms with Gasteiger partial charge in [0, 0.05) is 38.6 Å². The number of carbonyl (C=O) groups is 1. The number of nitrogens with zero attached hydrogens (tertiary/aromatic N) is 2. The molecule has 1 heterocycles. The number of amides is 1. The van der Waals surface area contributed by atoms with E-state index in [1.54, 1.807) is 0 Å². The zero-order chi connectivity index (χ0) is 14.3. The fourth-order valence-electron chi connectivity index (χ4n) is 2.44. The van der Waals surface area contributed by atoms with Gasteiger partial charge in [-0.05, 0) is 33.7 Å². The Hall–Kier alpha value is -0.650. The van der Waals surface area contributed by atoms with Crippen LogP contribution < -0.4 is 5.73 Å². The predicted octanol–water partition coefficient (Wildman–Crippen LogP) is 0.683. The Morgan fingerprint density at radius 3 is 2.74 bits per heavy atom. The largest absolute Gasteiger partial charge is 0.374 e. The molecule has 1 aliphatic rings. The second-order valence-electron chi connectivity index (χ2n) is 5.24. The molecular formula is C14H29N3O2. The molecule has 19 heavy (non-hydrogen) atoms. The first-order valence-electron chi connectivity index (χ1n) is 7.45. The highest BCUT2D eigenvalue weighted by molar-refractivity contribution is 5.76. The number of carbonyl (C=O) groups excluding carboxylic acids is 1. The molecule has 1 saturated heterocycles. The van der Waals surface area contributed by atoms with Crippen molar-refractivity contribution in [3.05, 3.63) is 0 Å². The minimum Gasteiger partial charge on any atom is -0.374 e. The van der Waals surface area contributed by atoms with Gasteiger partial charge in [0.15, 0.2) is 0 Å². The van der Waals surface area contributed by atoms with Gasteiger partial charge in [-0.25, -0.2) is 0 Å². The maximum absolute atomic E-state index is 11.9. The van der Waals surface area contributed by atoms with Crippen molar-refractivity contribution in [2.45, 2.75) is 45.8 Å². The van der Waals surface area contributed by atoms with Crippen LogP contribution in [-0.2, 0) is 9.53 Å². The van der Waals surface area contributed by atoms with Gasteiger partial charge in [-0.1, -0.05) is 0 Å². The summed E-state index contributed by atoms with van der Waals surface area (Å²) in [4.78, 5) is 16.1. The van der Waals surface area contributed by atoms with Crippen LogP contribution in [0.5, 0.6) is 0 Å². The molecule has 1 aliphatic heterocycles. The number of ether oxygens (including phenoxy) is 1. The van der Waals surface area contributed by atoms with Crippen molar-refractivity contribution in [3.63, 3.8) is 0 Å². The van der Waals surface area contributed by atoms with Crippen LogP contribution in [0, 0.1) is 0 Å². The van der Waals surface area contributed by atoms with E-state index >= 15 is 0 Å². The fraction of sp³-hybridized carbons (Fsp3) is 0.929. The molecule has 2 N–H and O–H groups in total. The molecule has 0 bridgehead atoms. The number of hydrogen-bond acceptors (Lipinski definition) is 4. The van der Waals surface area contributed by atoms with Gasteiger partial charge in [0.25, 0.3) is 0 Å². The Morgan fingerprint density at radius 1 is 1.47 bits per heavy atom. The molecule has 1 rings (SSSR count). The van der Waals surface area contributed by atoms with Crippen molar-refractivity contribution in [1.29, 1.82) is 0 Å². The van der Waals surface area contributed by atoms with Crippen LogP contribution in [0.25, 0.3) is 0 Å². The molecular weight excluding hydrogens is 242 g/mol. The summed E-state index contributed by atoms with van der Waals surface area (Å²) in [6.07, 6.45) is 1.69. The molecule has 0 aromatic rings. The third kappa shape index (κ3) is 5.47. The van der Waals surface area contributed by atoms with Crippen LogP contribution in [0.4, 0.5) is 0 Å². The van der Waals surface area contributed by atoms with Crippen molar-refractivity contribution >= 4 is 5.91 Å². The standard InChI is InChI=1S/C14H29N3O2/c1-4-17(5-2)14(18)7-6-8-16-9-10-19-13(11-16)12(3)15/h12-13H,4-11,15H2,1-3H3. The average molecular weight is 271 g/mol. The van der Waals surface area contributed by atoms with Gasteiger partial charge >= 0.3 is 0 Å². The summed E-state index contributed by atoms with van der Waals surface area (Å²) in [7, 11) is 0. The van der Waals surface area contributed by atoms with E-state index in [4.69, 9.17) is 10.5 Å². The molecule has 0 spiro atoms. The molecule has 0 aliphatic carbocycles.